The number of hydroxylamine groups is 1. The van der Waals surface area contributed by atoms with Gasteiger partial charge in [0, 0.05) is 27.9 Å². The zero-order chi connectivity index (χ0) is 17.1. The Labute approximate surface area is 143 Å². The number of benzene rings is 2. The fourth-order valence-electron chi connectivity index (χ4n) is 2.32. The maximum absolute atomic E-state index is 11.8. The summed E-state index contributed by atoms with van der Waals surface area (Å²) < 4.78 is 1.66. The minimum atomic E-state index is -0.683. The highest BCUT2D eigenvalue weighted by molar-refractivity contribution is 6.30. The number of aromatic nitrogens is 2. The molecule has 2 N–H and O–H groups in total. The first kappa shape index (κ1) is 16.0. The van der Waals surface area contributed by atoms with E-state index in [1.54, 1.807) is 28.5 Å². The normalized spacial score (nSPS) is 10.4. The third kappa shape index (κ3) is 3.08. The molecule has 0 fully saturated rings. The van der Waals surface area contributed by atoms with Gasteiger partial charge in [0.1, 0.15) is 5.69 Å². The molecule has 1 amide bonds. The molecule has 0 radical (unpaired) electrons. The minimum absolute atomic E-state index is 0.115. The number of amides is 1. The Balaban J connectivity index is 2.15. The lowest BCUT2D eigenvalue weighted by molar-refractivity contribution is -0.123. The van der Waals surface area contributed by atoms with Crippen LogP contribution in [0.5, 0.6) is 0 Å². The van der Waals surface area contributed by atoms with Crippen LogP contribution < -0.4 is 5.48 Å². The summed E-state index contributed by atoms with van der Waals surface area (Å²) in [5, 5.41) is 14.1. The largest absolute Gasteiger partial charge is 0.288 e. The van der Waals surface area contributed by atoms with Crippen LogP contribution in [0, 0.1) is 0 Å². The van der Waals surface area contributed by atoms with Gasteiger partial charge in [-0.25, -0.2) is 10.2 Å². The van der Waals surface area contributed by atoms with Crippen molar-refractivity contribution in [3.8, 4) is 16.9 Å². The second-order valence-corrected chi connectivity index (χ2v) is 5.53. The summed E-state index contributed by atoms with van der Waals surface area (Å²) in [6, 6.07) is 16.6. The molecule has 0 unspecified atom stereocenters. The highest BCUT2D eigenvalue weighted by Crippen LogP contribution is 2.29. The van der Waals surface area contributed by atoms with Crippen molar-refractivity contribution in [2.24, 2.45) is 0 Å². The van der Waals surface area contributed by atoms with Crippen LogP contribution in [0.3, 0.4) is 0 Å². The number of rotatable bonds is 4. The second-order valence-electron chi connectivity index (χ2n) is 5.10. The first-order chi connectivity index (χ1) is 11.6. The van der Waals surface area contributed by atoms with E-state index in [0.717, 1.165) is 11.3 Å². The summed E-state index contributed by atoms with van der Waals surface area (Å²) in [5.41, 5.74) is 4.44. The van der Waals surface area contributed by atoms with Crippen molar-refractivity contribution in [3.63, 3.8) is 0 Å². The first-order valence-corrected chi connectivity index (χ1v) is 7.52. The van der Waals surface area contributed by atoms with Crippen molar-refractivity contribution in [1.82, 2.24) is 15.3 Å². The number of hydrogen-bond donors (Lipinski definition) is 2. The average Bonchev–Trinajstić information content (AvgIpc) is 3.07. The molecule has 0 saturated carbocycles. The van der Waals surface area contributed by atoms with Gasteiger partial charge in [0.2, 0.25) is 0 Å². The SMILES string of the molecule is C=C(C(=O)NO)c1cn(-c2ccccc2)nc1-c1ccc(Cl)cc1. The fourth-order valence-corrected chi connectivity index (χ4v) is 2.44. The van der Waals surface area contributed by atoms with E-state index in [0.29, 0.717) is 16.3 Å². The number of nitrogens with one attached hydrogen (secondary N) is 1. The highest BCUT2D eigenvalue weighted by Gasteiger charge is 2.19. The van der Waals surface area contributed by atoms with Gasteiger partial charge >= 0.3 is 0 Å². The molecule has 0 bridgehead atoms. The number of halogens is 1. The van der Waals surface area contributed by atoms with Gasteiger partial charge in [0.25, 0.3) is 5.91 Å². The van der Waals surface area contributed by atoms with Crippen molar-refractivity contribution in [3.05, 3.63) is 78.0 Å². The molecule has 24 heavy (non-hydrogen) atoms. The third-order valence-electron chi connectivity index (χ3n) is 3.55. The number of carbonyl (C=O) groups excluding carboxylic acids is 1. The summed E-state index contributed by atoms with van der Waals surface area (Å²) in [6.07, 6.45) is 1.71. The van der Waals surface area contributed by atoms with E-state index in [-0.39, 0.29) is 5.57 Å². The lowest BCUT2D eigenvalue weighted by atomic mass is 10.0. The van der Waals surface area contributed by atoms with Crippen molar-refractivity contribution >= 4 is 23.1 Å². The minimum Gasteiger partial charge on any atom is -0.288 e. The highest BCUT2D eigenvalue weighted by atomic mass is 35.5. The zero-order valence-corrected chi connectivity index (χ0v) is 13.4. The molecule has 1 heterocycles. The molecule has 1 aromatic heterocycles. The Morgan fingerprint density at radius 2 is 1.79 bits per heavy atom. The van der Waals surface area contributed by atoms with E-state index in [1.807, 2.05) is 42.5 Å². The van der Waals surface area contributed by atoms with Gasteiger partial charge < -0.3 is 0 Å². The van der Waals surface area contributed by atoms with Crippen LogP contribution in [0.2, 0.25) is 5.02 Å². The van der Waals surface area contributed by atoms with Crippen molar-refractivity contribution in [2.45, 2.75) is 0 Å². The topological polar surface area (TPSA) is 67.2 Å². The Kier molecular flexibility index (Phi) is 4.46. The van der Waals surface area contributed by atoms with E-state index < -0.39 is 5.91 Å². The molecule has 3 rings (SSSR count). The summed E-state index contributed by atoms with van der Waals surface area (Å²) in [6.45, 7) is 3.75. The van der Waals surface area contributed by atoms with Crippen LogP contribution in [0.25, 0.3) is 22.5 Å². The molecule has 120 valence electrons. The van der Waals surface area contributed by atoms with Crippen molar-refractivity contribution < 1.29 is 10.0 Å². The van der Waals surface area contributed by atoms with Crippen molar-refractivity contribution in [1.29, 1.82) is 0 Å². The van der Waals surface area contributed by atoms with Gasteiger partial charge in [-0.15, -0.1) is 0 Å². The Morgan fingerprint density at radius 3 is 2.42 bits per heavy atom. The number of carbonyl (C=O) groups is 1. The summed E-state index contributed by atoms with van der Waals surface area (Å²) in [5.74, 6) is -0.683. The molecule has 0 spiro atoms. The maximum Gasteiger partial charge on any atom is 0.274 e. The Bertz CT molecular complexity index is 886. The summed E-state index contributed by atoms with van der Waals surface area (Å²) >= 11 is 5.94. The average molecular weight is 340 g/mol. The molecular weight excluding hydrogens is 326 g/mol. The van der Waals surface area contributed by atoms with E-state index in [2.05, 4.69) is 11.7 Å². The van der Waals surface area contributed by atoms with Gasteiger partial charge in [-0.3, -0.25) is 10.0 Å². The van der Waals surface area contributed by atoms with Crippen molar-refractivity contribution in [2.75, 3.05) is 0 Å². The van der Waals surface area contributed by atoms with Crippen LogP contribution in [0.15, 0.2) is 67.4 Å². The predicted molar refractivity (Wildman–Crippen MR) is 93.0 cm³/mol. The van der Waals surface area contributed by atoms with Gasteiger partial charge in [0.05, 0.1) is 5.69 Å². The fraction of sp³-hybridized carbons (Fsp3) is 0. The first-order valence-electron chi connectivity index (χ1n) is 7.15. The van der Waals surface area contributed by atoms with Gasteiger partial charge in [0.15, 0.2) is 0 Å². The standard InChI is InChI=1S/C18H14ClN3O2/c1-12(18(23)21-24)16-11-22(15-5-3-2-4-6-15)20-17(16)13-7-9-14(19)10-8-13/h2-11,24H,1H2,(H,21,23). The van der Waals surface area contributed by atoms with Crippen LogP contribution in [0.4, 0.5) is 0 Å². The summed E-state index contributed by atoms with van der Waals surface area (Å²) in [4.78, 5) is 11.8. The Hall–Kier alpha value is -2.89. The molecule has 3 aromatic rings. The molecular formula is C18H14ClN3O2. The molecule has 2 aromatic carbocycles. The molecule has 0 aliphatic rings. The number of nitrogens with zero attached hydrogens (tertiary/aromatic N) is 2. The number of hydrogen-bond acceptors (Lipinski definition) is 3. The van der Waals surface area contributed by atoms with E-state index in [4.69, 9.17) is 16.8 Å². The number of para-hydroxylation sites is 1. The quantitative estimate of drug-likeness (QED) is 0.432. The lowest BCUT2D eigenvalue weighted by Crippen LogP contribution is -2.19. The van der Waals surface area contributed by atoms with Crippen LogP contribution >= 0.6 is 11.6 Å². The Morgan fingerprint density at radius 1 is 1.12 bits per heavy atom. The van der Waals surface area contributed by atoms with Crippen LogP contribution in [-0.2, 0) is 4.79 Å². The third-order valence-corrected chi connectivity index (χ3v) is 3.81. The van der Waals surface area contributed by atoms with Gasteiger partial charge in [-0.05, 0) is 24.3 Å². The predicted octanol–water partition coefficient (Wildman–Crippen LogP) is 3.71. The van der Waals surface area contributed by atoms with E-state index >= 15 is 0 Å². The lowest BCUT2D eigenvalue weighted by Gasteiger charge is -2.04. The molecule has 6 heteroatoms. The molecule has 0 aliphatic carbocycles. The molecule has 0 aliphatic heterocycles. The van der Waals surface area contributed by atoms with E-state index in [9.17, 15) is 4.79 Å². The molecule has 5 nitrogen and oxygen atoms in total. The molecule has 0 saturated heterocycles. The van der Waals surface area contributed by atoms with Crippen LogP contribution in [0.1, 0.15) is 5.56 Å². The zero-order valence-electron chi connectivity index (χ0n) is 12.6. The van der Waals surface area contributed by atoms with Gasteiger partial charge in [-0.2, -0.15) is 5.10 Å². The molecule has 0 atom stereocenters. The summed E-state index contributed by atoms with van der Waals surface area (Å²) in [7, 11) is 0. The monoisotopic (exact) mass is 339 g/mol. The second kappa shape index (κ2) is 6.70. The smallest absolute Gasteiger partial charge is 0.274 e. The van der Waals surface area contributed by atoms with Gasteiger partial charge in [-0.1, -0.05) is 48.5 Å². The van der Waals surface area contributed by atoms with E-state index in [1.165, 1.54) is 0 Å². The van der Waals surface area contributed by atoms with Crippen LogP contribution in [-0.4, -0.2) is 20.9 Å². The maximum atomic E-state index is 11.8.